The highest BCUT2D eigenvalue weighted by atomic mass is 16.3. The number of nitrogens with zero attached hydrogens (tertiary/aromatic N) is 2. The predicted molar refractivity (Wildman–Crippen MR) is 57.7 cm³/mol. The maximum Gasteiger partial charge on any atom is 0.191 e. The van der Waals surface area contributed by atoms with E-state index in [9.17, 15) is 5.11 Å². The SMILES string of the molecule is Oc1cccnc1CNC1=NCCCN1. The van der Waals surface area contributed by atoms with Gasteiger partial charge in [0.05, 0.1) is 6.54 Å². The number of aliphatic imine (C=N–C) groups is 1. The zero-order chi connectivity index (χ0) is 10.5. The third-order valence-corrected chi connectivity index (χ3v) is 2.19. The average Bonchev–Trinajstić information content (AvgIpc) is 2.29. The fraction of sp³-hybridized carbons (Fsp3) is 0.400. The van der Waals surface area contributed by atoms with Crippen LogP contribution in [0.4, 0.5) is 0 Å². The molecule has 0 spiro atoms. The molecule has 0 fully saturated rings. The molecule has 1 aromatic heterocycles. The molecule has 5 nitrogen and oxygen atoms in total. The lowest BCUT2D eigenvalue weighted by Gasteiger charge is -2.15. The van der Waals surface area contributed by atoms with Gasteiger partial charge in [-0.15, -0.1) is 0 Å². The highest BCUT2D eigenvalue weighted by Gasteiger charge is 2.05. The number of pyridine rings is 1. The van der Waals surface area contributed by atoms with Crippen LogP contribution in [0, 0.1) is 0 Å². The summed E-state index contributed by atoms with van der Waals surface area (Å²) in [4.78, 5) is 8.33. The maximum absolute atomic E-state index is 9.48. The van der Waals surface area contributed by atoms with E-state index in [1.807, 2.05) is 0 Å². The Hall–Kier alpha value is -1.78. The van der Waals surface area contributed by atoms with Crippen LogP contribution in [0.25, 0.3) is 0 Å². The molecule has 1 aromatic rings. The van der Waals surface area contributed by atoms with Gasteiger partial charge in [-0.05, 0) is 18.6 Å². The summed E-state index contributed by atoms with van der Waals surface area (Å²) in [6, 6.07) is 3.33. The number of aromatic hydroxyl groups is 1. The number of guanidine groups is 1. The van der Waals surface area contributed by atoms with Crippen molar-refractivity contribution in [3.05, 3.63) is 24.0 Å². The van der Waals surface area contributed by atoms with Crippen molar-refractivity contribution >= 4 is 5.96 Å². The minimum atomic E-state index is 0.210. The molecule has 0 aromatic carbocycles. The summed E-state index contributed by atoms with van der Waals surface area (Å²) in [7, 11) is 0. The van der Waals surface area contributed by atoms with Crippen molar-refractivity contribution in [1.29, 1.82) is 0 Å². The van der Waals surface area contributed by atoms with E-state index in [-0.39, 0.29) is 5.75 Å². The second kappa shape index (κ2) is 4.63. The molecule has 0 saturated heterocycles. The molecular weight excluding hydrogens is 192 g/mol. The number of aromatic nitrogens is 1. The summed E-state index contributed by atoms with van der Waals surface area (Å²) in [6.45, 7) is 2.28. The molecule has 15 heavy (non-hydrogen) atoms. The minimum absolute atomic E-state index is 0.210. The normalized spacial score (nSPS) is 15.3. The van der Waals surface area contributed by atoms with Crippen LogP contribution >= 0.6 is 0 Å². The van der Waals surface area contributed by atoms with Crippen LogP contribution < -0.4 is 10.6 Å². The first-order chi connectivity index (χ1) is 7.36. The summed E-state index contributed by atoms with van der Waals surface area (Å²) in [5.41, 5.74) is 0.632. The number of rotatable bonds is 2. The molecule has 1 aliphatic heterocycles. The van der Waals surface area contributed by atoms with Crippen molar-refractivity contribution in [2.75, 3.05) is 13.1 Å². The summed E-state index contributed by atoms with van der Waals surface area (Å²) >= 11 is 0. The van der Waals surface area contributed by atoms with Crippen LogP contribution in [0.15, 0.2) is 23.3 Å². The topological polar surface area (TPSA) is 69.5 Å². The van der Waals surface area contributed by atoms with Gasteiger partial charge in [0, 0.05) is 19.3 Å². The Bertz CT molecular complexity index is 364. The van der Waals surface area contributed by atoms with Crippen LogP contribution in [0.5, 0.6) is 5.75 Å². The number of hydrogen-bond donors (Lipinski definition) is 3. The Morgan fingerprint density at radius 2 is 2.47 bits per heavy atom. The zero-order valence-electron chi connectivity index (χ0n) is 8.40. The Morgan fingerprint density at radius 1 is 1.53 bits per heavy atom. The van der Waals surface area contributed by atoms with Gasteiger partial charge in [0.1, 0.15) is 11.4 Å². The first-order valence-corrected chi connectivity index (χ1v) is 5.01. The first kappa shape index (κ1) is 9.76. The standard InChI is InChI=1S/C10H14N4O/c15-9-3-1-4-11-8(9)7-14-10-12-5-2-6-13-10/h1,3-4,15H,2,5-7H2,(H2,12,13,14). The van der Waals surface area contributed by atoms with Crippen LogP contribution in [0.2, 0.25) is 0 Å². The van der Waals surface area contributed by atoms with Crippen LogP contribution in [-0.2, 0) is 6.54 Å². The average molecular weight is 206 g/mol. The molecule has 3 N–H and O–H groups in total. The molecule has 2 heterocycles. The highest BCUT2D eigenvalue weighted by molar-refractivity contribution is 5.80. The summed E-state index contributed by atoms with van der Waals surface area (Å²) in [5.74, 6) is 0.993. The van der Waals surface area contributed by atoms with E-state index in [1.165, 1.54) is 0 Å². The van der Waals surface area contributed by atoms with E-state index in [2.05, 4.69) is 20.6 Å². The molecule has 0 atom stereocenters. The molecule has 1 aliphatic rings. The van der Waals surface area contributed by atoms with E-state index < -0.39 is 0 Å². The van der Waals surface area contributed by atoms with Crippen molar-refractivity contribution in [3.63, 3.8) is 0 Å². The molecule has 0 bridgehead atoms. The van der Waals surface area contributed by atoms with Crippen LogP contribution in [0.1, 0.15) is 12.1 Å². The Labute approximate surface area is 88.3 Å². The van der Waals surface area contributed by atoms with Gasteiger partial charge < -0.3 is 15.7 Å². The monoisotopic (exact) mass is 206 g/mol. The van der Waals surface area contributed by atoms with Crippen LogP contribution in [-0.4, -0.2) is 29.1 Å². The van der Waals surface area contributed by atoms with Crippen molar-refractivity contribution in [1.82, 2.24) is 15.6 Å². The Balaban J connectivity index is 1.93. The lowest BCUT2D eigenvalue weighted by Crippen LogP contribution is -2.40. The van der Waals surface area contributed by atoms with Crippen molar-refractivity contribution in [3.8, 4) is 5.75 Å². The minimum Gasteiger partial charge on any atom is -0.506 e. The lowest BCUT2D eigenvalue weighted by molar-refractivity contribution is 0.462. The Morgan fingerprint density at radius 3 is 3.20 bits per heavy atom. The molecule has 0 unspecified atom stereocenters. The molecule has 0 amide bonds. The largest absolute Gasteiger partial charge is 0.506 e. The van der Waals surface area contributed by atoms with E-state index in [0.29, 0.717) is 12.2 Å². The summed E-state index contributed by atoms with van der Waals surface area (Å²) in [6.07, 6.45) is 2.73. The number of hydrogen-bond acceptors (Lipinski definition) is 5. The summed E-state index contributed by atoms with van der Waals surface area (Å²) in [5, 5.41) is 15.7. The Kier molecular flexibility index (Phi) is 3.02. The number of nitrogens with one attached hydrogen (secondary N) is 2. The van der Waals surface area contributed by atoms with Crippen molar-refractivity contribution in [2.24, 2.45) is 4.99 Å². The molecule has 0 radical (unpaired) electrons. The van der Waals surface area contributed by atoms with Crippen LogP contribution in [0.3, 0.4) is 0 Å². The van der Waals surface area contributed by atoms with E-state index in [1.54, 1.807) is 18.3 Å². The van der Waals surface area contributed by atoms with Crippen molar-refractivity contribution in [2.45, 2.75) is 13.0 Å². The van der Waals surface area contributed by atoms with Gasteiger partial charge in [-0.25, -0.2) is 0 Å². The van der Waals surface area contributed by atoms with Gasteiger partial charge >= 0.3 is 0 Å². The second-order valence-electron chi connectivity index (χ2n) is 3.33. The highest BCUT2D eigenvalue weighted by Crippen LogP contribution is 2.11. The van der Waals surface area contributed by atoms with E-state index in [0.717, 1.165) is 25.5 Å². The lowest BCUT2D eigenvalue weighted by atomic mass is 10.3. The van der Waals surface area contributed by atoms with Crippen molar-refractivity contribution < 1.29 is 5.11 Å². The predicted octanol–water partition coefficient (Wildman–Crippen LogP) is 0.226. The fourth-order valence-electron chi connectivity index (χ4n) is 1.38. The fourth-order valence-corrected chi connectivity index (χ4v) is 1.38. The van der Waals surface area contributed by atoms with Gasteiger partial charge in [0.25, 0.3) is 0 Å². The first-order valence-electron chi connectivity index (χ1n) is 5.01. The zero-order valence-corrected chi connectivity index (χ0v) is 8.40. The molecule has 80 valence electrons. The second-order valence-corrected chi connectivity index (χ2v) is 3.33. The smallest absolute Gasteiger partial charge is 0.191 e. The van der Waals surface area contributed by atoms with E-state index in [4.69, 9.17) is 0 Å². The van der Waals surface area contributed by atoms with Gasteiger partial charge in [-0.1, -0.05) is 0 Å². The quantitative estimate of drug-likeness (QED) is 0.647. The van der Waals surface area contributed by atoms with E-state index >= 15 is 0 Å². The third kappa shape index (κ3) is 2.59. The van der Waals surface area contributed by atoms with Gasteiger partial charge in [-0.2, -0.15) is 0 Å². The maximum atomic E-state index is 9.48. The molecule has 2 rings (SSSR count). The summed E-state index contributed by atoms with van der Waals surface area (Å²) < 4.78 is 0. The van der Waals surface area contributed by atoms with Gasteiger partial charge in [0.2, 0.25) is 0 Å². The van der Waals surface area contributed by atoms with Gasteiger partial charge in [-0.3, -0.25) is 9.98 Å². The molecular formula is C10H14N4O. The molecule has 0 aliphatic carbocycles. The molecule has 5 heteroatoms. The molecule has 0 saturated carbocycles. The third-order valence-electron chi connectivity index (χ3n) is 2.19. The van der Waals surface area contributed by atoms with Gasteiger partial charge in [0.15, 0.2) is 5.96 Å².